The van der Waals surface area contributed by atoms with Gasteiger partial charge in [-0.2, -0.15) is 4.31 Å². The molecule has 0 radical (unpaired) electrons. The van der Waals surface area contributed by atoms with Crippen molar-refractivity contribution < 1.29 is 8.42 Å². The Hall–Kier alpha value is -0.430. The zero-order chi connectivity index (χ0) is 15.6. The number of nitrogens with two attached hydrogens (primary N) is 1. The number of halogens is 1. The maximum Gasteiger partial charge on any atom is 0.244 e. The Bertz CT molecular complexity index is 610. The van der Waals surface area contributed by atoms with Crippen molar-refractivity contribution in [3.8, 4) is 0 Å². The lowest BCUT2D eigenvalue weighted by molar-refractivity contribution is 0.335. The Kier molecular flexibility index (Phi) is 5.46. The molecule has 6 heteroatoms. The van der Waals surface area contributed by atoms with Gasteiger partial charge >= 0.3 is 0 Å². The molecule has 1 saturated carbocycles. The largest absolute Gasteiger partial charge is 0.326 e. The molecule has 2 N–H and O–H groups in total. The summed E-state index contributed by atoms with van der Waals surface area (Å²) in [6, 6.07) is 3.76. The Morgan fingerprint density at radius 1 is 1.33 bits per heavy atom. The zero-order valence-electron chi connectivity index (χ0n) is 12.6. The summed E-state index contributed by atoms with van der Waals surface area (Å²) in [6.07, 6.45) is 4.14. The van der Waals surface area contributed by atoms with E-state index in [1.807, 2.05) is 19.9 Å². The summed E-state index contributed by atoms with van der Waals surface area (Å²) < 4.78 is 28.4. The quantitative estimate of drug-likeness (QED) is 0.860. The van der Waals surface area contributed by atoms with Crippen LogP contribution in [-0.2, 0) is 16.6 Å². The smallest absolute Gasteiger partial charge is 0.244 e. The molecule has 21 heavy (non-hydrogen) atoms. The first kappa shape index (κ1) is 16.9. The predicted octanol–water partition coefficient (Wildman–Crippen LogP) is 3.17. The molecule has 0 atom stereocenters. The van der Waals surface area contributed by atoms with Crippen LogP contribution in [0.1, 0.15) is 43.7 Å². The number of nitrogens with zero attached hydrogens (tertiary/aromatic N) is 1. The fourth-order valence-corrected chi connectivity index (χ4v) is 5.78. The fourth-order valence-electron chi connectivity index (χ4n) is 3.06. The minimum absolute atomic E-state index is 0.133. The predicted molar refractivity (Wildman–Crippen MR) is 88.6 cm³/mol. The third kappa shape index (κ3) is 3.33. The third-order valence-corrected chi connectivity index (χ3v) is 7.51. The van der Waals surface area contributed by atoms with Gasteiger partial charge in [0.15, 0.2) is 0 Å². The van der Waals surface area contributed by atoms with Crippen molar-refractivity contribution >= 4 is 26.0 Å². The normalized spacial score (nSPS) is 16.8. The molecule has 0 bridgehead atoms. The average Bonchev–Trinajstić information content (AvgIpc) is 2.95. The van der Waals surface area contributed by atoms with Gasteiger partial charge in [-0.25, -0.2) is 8.42 Å². The maximum absolute atomic E-state index is 13.0. The number of rotatable bonds is 5. The number of hydrogen-bond acceptors (Lipinski definition) is 3. The van der Waals surface area contributed by atoms with Crippen LogP contribution in [0.3, 0.4) is 0 Å². The summed E-state index contributed by atoms with van der Waals surface area (Å²) in [7, 11) is -3.49. The highest BCUT2D eigenvalue weighted by atomic mass is 79.9. The first-order valence-corrected chi connectivity index (χ1v) is 9.66. The van der Waals surface area contributed by atoms with E-state index in [1.165, 1.54) is 0 Å². The van der Waals surface area contributed by atoms with Crippen LogP contribution in [0.5, 0.6) is 0 Å². The van der Waals surface area contributed by atoms with E-state index >= 15 is 0 Å². The van der Waals surface area contributed by atoms with Crippen LogP contribution in [0.15, 0.2) is 21.5 Å². The van der Waals surface area contributed by atoms with Gasteiger partial charge in [-0.05, 0) is 52.9 Å². The van der Waals surface area contributed by atoms with Crippen LogP contribution < -0.4 is 5.73 Å². The molecule has 118 valence electrons. The lowest BCUT2D eigenvalue weighted by atomic mass is 10.1. The van der Waals surface area contributed by atoms with Crippen LogP contribution in [0, 0.1) is 6.92 Å². The second kappa shape index (κ2) is 6.77. The summed E-state index contributed by atoms with van der Waals surface area (Å²) in [5, 5.41) is 0. The fraction of sp³-hybridized carbons (Fsp3) is 0.600. The molecular formula is C15H23BrN2O2S. The van der Waals surface area contributed by atoms with Crippen LogP contribution in [0.25, 0.3) is 0 Å². The van der Waals surface area contributed by atoms with Crippen molar-refractivity contribution in [1.29, 1.82) is 0 Å². The molecule has 0 amide bonds. The van der Waals surface area contributed by atoms with E-state index in [9.17, 15) is 8.42 Å². The Morgan fingerprint density at radius 2 is 1.95 bits per heavy atom. The van der Waals surface area contributed by atoms with Crippen molar-refractivity contribution in [2.75, 3.05) is 6.54 Å². The van der Waals surface area contributed by atoms with Gasteiger partial charge in [0, 0.05) is 23.6 Å². The average molecular weight is 375 g/mol. The molecule has 0 spiro atoms. The van der Waals surface area contributed by atoms with E-state index in [0.29, 0.717) is 22.5 Å². The Balaban J connectivity index is 2.49. The third-order valence-electron chi connectivity index (χ3n) is 4.15. The second-order valence-corrected chi connectivity index (χ2v) is 8.23. The summed E-state index contributed by atoms with van der Waals surface area (Å²) in [4.78, 5) is 0.344. The summed E-state index contributed by atoms with van der Waals surface area (Å²) >= 11 is 3.44. The maximum atomic E-state index is 13.0. The molecule has 1 aromatic rings. The summed E-state index contributed by atoms with van der Waals surface area (Å²) in [5.74, 6) is 0. The number of aryl methyl sites for hydroxylation is 1. The lowest BCUT2D eigenvalue weighted by Crippen LogP contribution is -2.38. The van der Waals surface area contributed by atoms with Gasteiger partial charge in [0.2, 0.25) is 10.0 Å². The van der Waals surface area contributed by atoms with Crippen molar-refractivity contribution in [2.24, 2.45) is 5.73 Å². The van der Waals surface area contributed by atoms with Gasteiger partial charge in [0.25, 0.3) is 0 Å². The van der Waals surface area contributed by atoms with Gasteiger partial charge in [-0.15, -0.1) is 0 Å². The number of sulfonamides is 1. The SMILES string of the molecule is CCN(C1CCCC1)S(=O)(=O)c1cc(CN)cc(C)c1Br. The molecular weight excluding hydrogens is 352 g/mol. The van der Waals surface area contributed by atoms with Gasteiger partial charge in [-0.3, -0.25) is 0 Å². The van der Waals surface area contributed by atoms with Crippen LogP contribution in [0.4, 0.5) is 0 Å². The molecule has 1 aliphatic rings. The highest BCUT2D eigenvalue weighted by Crippen LogP contribution is 2.33. The standard InChI is InChI=1S/C15H23BrN2O2S/c1-3-18(13-6-4-5-7-13)21(19,20)14-9-12(10-17)8-11(2)15(14)16/h8-9,13H,3-7,10,17H2,1-2H3. The molecule has 2 rings (SSSR count). The molecule has 0 unspecified atom stereocenters. The highest BCUT2D eigenvalue weighted by molar-refractivity contribution is 9.10. The van der Waals surface area contributed by atoms with Crippen molar-refractivity contribution in [3.05, 3.63) is 27.7 Å². The molecule has 0 aliphatic heterocycles. The Morgan fingerprint density at radius 3 is 2.48 bits per heavy atom. The van der Waals surface area contributed by atoms with E-state index in [1.54, 1.807) is 10.4 Å². The Labute approximate surface area is 135 Å². The van der Waals surface area contributed by atoms with Gasteiger partial charge < -0.3 is 5.73 Å². The summed E-state index contributed by atoms with van der Waals surface area (Å²) in [5.41, 5.74) is 7.43. The van der Waals surface area contributed by atoms with E-state index in [-0.39, 0.29) is 6.04 Å². The van der Waals surface area contributed by atoms with Crippen molar-refractivity contribution in [3.63, 3.8) is 0 Å². The topological polar surface area (TPSA) is 63.4 Å². The van der Waals surface area contributed by atoms with E-state index in [4.69, 9.17) is 5.73 Å². The molecule has 1 aliphatic carbocycles. The van der Waals surface area contributed by atoms with Crippen LogP contribution in [-0.4, -0.2) is 25.3 Å². The van der Waals surface area contributed by atoms with Crippen LogP contribution in [0.2, 0.25) is 0 Å². The van der Waals surface area contributed by atoms with Crippen molar-refractivity contribution in [2.45, 2.75) is 57.0 Å². The van der Waals surface area contributed by atoms with E-state index < -0.39 is 10.0 Å². The molecule has 1 aromatic carbocycles. The highest BCUT2D eigenvalue weighted by Gasteiger charge is 2.33. The van der Waals surface area contributed by atoms with Crippen molar-refractivity contribution in [1.82, 2.24) is 4.31 Å². The second-order valence-electron chi connectivity index (χ2n) is 5.58. The number of hydrogen-bond donors (Lipinski definition) is 1. The zero-order valence-corrected chi connectivity index (χ0v) is 15.0. The van der Waals surface area contributed by atoms with Gasteiger partial charge in [-0.1, -0.05) is 25.8 Å². The molecule has 1 fully saturated rings. The monoisotopic (exact) mass is 374 g/mol. The summed E-state index contributed by atoms with van der Waals surface area (Å²) in [6.45, 7) is 4.65. The first-order chi connectivity index (χ1) is 9.91. The lowest BCUT2D eigenvalue weighted by Gasteiger charge is -2.27. The molecule has 0 saturated heterocycles. The molecule has 0 aromatic heterocycles. The van der Waals surface area contributed by atoms with Gasteiger partial charge in [0.1, 0.15) is 0 Å². The first-order valence-electron chi connectivity index (χ1n) is 7.42. The number of benzene rings is 1. The minimum Gasteiger partial charge on any atom is -0.326 e. The van der Waals surface area contributed by atoms with E-state index in [0.717, 1.165) is 36.8 Å². The minimum atomic E-state index is -3.49. The van der Waals surface area contributed by atoms with Gasteiger partial charge in [0.05, 0.1) is 4.90 Å². The molecule has 0 heterocycles. The van der Waals surface area contributed by atoms with Crippen LogP contribution >= 0.6 is 15.9 Å². The van der Waals surface area contributed by atoms with E-state index in [2.05, 4.69) is 15.9 Å². The molecule has 4 nitrogen and oxygen atoms in total.